The quantitative estimate of drug-likeness (QED) is 0.205. The van der Waals surface area contributed by atoms with Crippen molar-refractivity contribution < 1.29 is 8.76 Å². The van der Waals surface area contributed by atoms with Crippen LogP contribution in [-0.2, 0) is 11.1 Å². The summed E-state index contributed by atoms with van der Waals surface area (Å²) in [6.45, 7) is 2.28. The van der Waals surface area contributed by atoms with Crippen LogP contribution in [-0.4, -0.2) is 44.1 Å². The Balaban J connectivity index is 0. The molecule has 0 spiro atoms. The molecule has 22 heavy (non-hydrogen) atoms. The summed E-state index contributed by atoms with van der Waals surface area (Å²) in [6, 6.07) is 0. The average Bonchev–Trinajstić information content (AvgIpc) is 2.46. The summed E-state index contributed by atoms with van der Waals surface area (Å²) in [7, 11) is 0. The molecule has 1 unspecified atom stereocenters. The summed E-state index contributed by atoms with van der Waals surface area (Å²) in [5.41, 5.74) is 0. The van der Waals surface area contributed by atoms with E-state index in [0.29, 0.717) is 5.75 Å². The summed E-state index contributed by atoms with van der Waals surface area (Å²) in [5, 5.41) is 0. The number of rotatable bonds is 17. The van der Waals surface area contributed by atoms with E-state index in [-0.39, 0.29) is 29.6 Å². The van der Waals surface area contributed by atoms with Crippen LogP contribution >= 0.6 is 0 Å². The summed E-state index contributed by atoms with van der Waals surface area (Å²) in [5.74, 6) is 0.457. The predicted molar refractivity (Wildman–Crippen MR) is 102 cm³/mol. The van der Waals surface area contributed by atoms with Crippen molar-refractivity contribution in [3.05, 3.63) is 0 Å². The van der Waals surface area contributed by atoms with Crippen LogP contribution < -0.4 is 0 Å². The van der Waals surface area contributed by atoms with E-state index in [9.17, 15) is 4.21 Å². The van der Waals surface area contributed by atoms with Gasteiger partial charge in [0.1, 0.15) is 0 Å². The molecule has 0 radical (unpaired) electrons. The third kappa shape index (κ3) is 23.4. The van der Waals surface area contributed by atoms with E-state index in [1.807, 2.05) is 0 Å². The van der Waals surface area contributed by atoms with E-state index in [1.165, 1.54) is 89.9 Å². The molecule has 0 aromatic rings. The molecule has 0 heterocycles. The SMILES string of the molecule is CCCCCCCCCCCCCCCCCCS(=O)O.[NaH]. The first-order valence-corrected chi connectivity index (χ1v) is 10.6. The van der Waals surface area contributed by atoms with E-state index in [2.05, 4.69) is 6.92 Å². The maximum atomic E-state index is 10.5. The molecule has 4 heteroatoms. The summed E-state index contributed by atoms with van der Waals surface area (Å²) in [4.78, 5) is 0. The van der Waals surface area contributed by atoms with E-state index in [4.69, 9.17) is 4.55 Å². The first-order valence-electron chi connectivity index (χ1n) is 9.35. The van der Waals surface area contributed by atoms with Gasteiger partial charge in [-0.1, -0.05) is 103 Å². The molecule has 130 valence electrons. The van der Waals surface area contributed by atoms with Gasteiger partial charge in [-0.15, -0.1) is 0 Å². The van der Waals surface area contributed by atoms with Crippen molar-refractivity contribution in [1.29, 1.82) is 0 Å². The van der Waals surface area contributed by atoms with Crippen molar-refractivity contribution in [2.45, 2.75) is 110 Å². The van der Waals surface area contributed by atoms with Crippen LogP contribution in [0.25, 0.3) is 0 Å². The molecule has 0 aliphatic carbocycles. The van der Waals surface area contributed by atoms with Gasteiger partial charge in [0.25, 0.3) is 0 Å². The molecule has 0 rings (SSSR count). The third-order valence-electron chi connectivity index (χ3n) is 4.17. The van der Waals surface area contributed by atoms with Gasteiger partial charge < -0.3 is 4.55 Å². The van der Waals surface area contributed by atoms with Gasteiger partial charge in [0.15, 0.2) is 11.1 Å². The molecule has 0 saturated carbocycles. The zero-order valence-electron chi connectivity index (χ0n) is 14.3. The van der Waals surface area contributed by atoms with Gasteiger partial charge in [0, 0.05) is 5.75 Å². The minimum atomic E-state index is -1.58. The maximum absolute atomic E-state index is 10.5. The molecule has 0 aliphatic rings. The monoisotopic (exact) mass is 342 g/mol. The van der Waals surface area contributed by atoms with Gasteiger partial charge in [-0.3, -0.25) is 0 Å². The topological polar surface area (TPSA) is 37.3 Å². The zero-order chi connectivity index (χ0) is 15.6. The number of hydrogen-bond donors (Lipinski definition) is 1. The zero-order valence-corrected chi connectivity index (χ0v) is 15.1. The molecule has 0 aromatic carbocycles. The number of hydrogen-bond acceptors (Lipinski definition) is 1. The van der Waals surface area contributed by atoms with Crippen LogP contribution in [0, 0.1) is 0 Å². The van der Waals surface area contributed by atoms with Crippen molar-refractivity contribution >= 4 is 40.6 Å². The normalized spacial score (nSPS) is 12.1. The minimum absolute atomic E-state index is 0. The first kappa shape index (κ1) is 25.4. The second-order valence-corrected chi connectivity index (χ2v) is 7.38. The average molecular weight is 343 g/mol. The van der Waals surface area contributed by atoms with Crippen LogP contribution in [0.1, 0.15) is 110 Å². The summed E-state index contributed by atoms with van der Waals surface area (Å²) in [6.07, 6.45) is 21.5. The van der Waals surface area contributed by atoms with Crippen LogP contribution in [0.3, 0.4) is 0 Å². The fraction of sp³-hybridized carbons (Fsp3) is 1.00. The second-order valence-electron chi connectivity index (χ2n) is 6.33. The first-order chi connectivity index (χ1) is 10.3. The Bertz CT molecular complexity index is 225. The molecular weight excluding hydrogens is 303 g/mol. The predicted octanol–water partition coefficient (Wildman–Crippen LogP) is 5.82. The van der Waals surface area contributed by atoms with Crippen molar-refractivity contribution in [3.63, 3.8) is 0 Å². The molecular formula is C18H39NaO2S. The van der Waals surface area contributed by atoms with Crippen LogP contribution in [0.4, 0.5) is 0 Å². The molecule has 0 aliphatic heterocycles. The Labute approximate surface area is 164 Å². The molecule has 1 atom stereocenters. The Morgan fingerprint density at radius 3 is 1.14 bits per heavy atom. The van der Waals surface area contributed by atoms with Crippen LogP contribution in [0.5, 0.6) is 0 Å². The fourth-order valence-corrected chi connectivity index (χ4v) is 3.22. The van der Waals surface area contributed by atoms with Crippen molar-refractivity contribution in [2.24, 2.45) is 0 Å². The van der Waals surface area contributed by atoms with Crippen LogP contribution in [0.15, 0.2) is 0 Å². The van der Waals surface area contributed by atoms with Gasteiger partial charge >= 0.3 is 29.6 Å². The molecule has 0 saturated heterocycles. The molecule has 0 fully saturated rings. The van der Waals surface area contributed by atoms with Crippen molar-refractivity contribution in [2.75, 3.05) is 5.75 Å². The third-order valence-corrected chi connectivity index (χ3v) is 4.81. The van der Waals surface area contributed by atoms with Gasteiger partial charge in [-0.25, -0.2) is 4.21 Å². The summed E-state index contributed by atoms with van der Waals surface area (Å²) < 4.78 is 19.1. The Kier molecular flexibility index (Phi) is 25.5. The molecule has 2 nitrogen and oxygen atoms in total. The standard InChI is InChI=1S/C18H38O2S.Na.H/c1-2-3-4-5-6-7-8-9-10-11-12-13-14-15-16-17-18-21(19)20;;/h2-18H2,1H3,(H,19,20);;. The van der Waals surface area contributed by atoms with Gasteiger partial charge in [-0.2, -0.15) is 0 Å². The summed E-state index contributed by atoms with van der Waals surface area (Å²) >= 11 is -1.58. The Morgan fingerprint density at radius 1 is 0.591 bits per heavy atom. The second kappa shape index (κ2) is 22.1. The van der Waals surface area contributed by atoms with E-state index >= 15 is 0 Å². The fourth-order valence-electron chi connectivity index (χ4n) is 2.77. The molecule has 0 aromatic heterocycles. The Morgan fingerprint density at radius 2 is 0.864 bits per heavy atom. The van der Waals surface area contributed by atoms with E-state index in [1.54, 1.807) is 0 Å². The van der Waals surface area contributed by atoms with E-state index < -0.39 is 11.1 Å². The van der Waals surface area contributed by atoms with Crippen molar-refractivity contribution in [1.82, 2.24) is 0 Å². The molecule has 0 amide bonds. The van der Waals surface area contributed by atoms with Crippen molar-refractivity contribution in [3.8, 4) is 0 Å². The Hall–Kier alpha value is 1.11. The molecule has 1 N–H and O–H groups in total. The van der Waals surface area contributed by atoms with E-state index in [0.717, 1.165) is 12.8 Å². The van der Waals surface area contributed by atoms with Crippen LogP contribution in [0.2, 0.25) is 0 Å². The molecule has 0 bridgehead atoms. The number of unbranched alkanes of at least 4 members (excludes halogenated alkanes) is 15. The van der Waals surface area contributed by atoms with Gasteiger partial charge in [0.2, 0.25) is 0 Å². The van der Waals surface area contributed by atoms with Gasteiger partial charge in [0.05, 0.1) is 0 Å². The van der Waals surface area contributed by atoms with Gasteiger partial charge in [-0.05, 0) is 6.42 Å².